The molecule has 7 heteroatoms. The quantitative estimate of drug-likeness (QED) is 0.584. The lowest BCUT2D eigenvalue weighted by molar-refractivity contribution is 0.0341. The summed E-state index contributed by atoms with van der Waals surface area (Å²) in [5.74, 6) is 0.865. The molecule has 0 saturated carbocycles. The van der Waals surface area contributed by atoms with Gasteiger partial charge in [-0.2, -0.15) is 0 Å². The van der Waals surface area contributed by atoms with Crippen LogP contribution in [-0.4, -0.2) is 53.4 Å². The van der Waals surface area contributed by atoms with E-state index in [0.717, 1.165) is 62.2 Å². The van der Waals surface area contributed by atoms with Gasteiger partial charge in [0.2, 0.25) is 0 Å². The third-order valence-corrected chi connectivity index (χ3v) is 7.03. The van der Waals surface area contributed by atoms with Gasteiger partial charge in [-0.25, -0.2) is 4.98 Å². The fourth-order valence-corrected chi connectivity index (χ4v) is 5.17. The number of aryl methyl sites for hydroxylation is 2. The van der Waals surface area contributed by atoms with E-state index in [1.54, 1.807) is 11.3 Å². The van der Waals surface area contributed by atoms with E-state index >= 15 is 0 Å². The van der Waals surface area contributed by atoms with Crippen molar-refractivity contribution in [3.8, 4) is 11.3 Å². The molecule has 3 heterocycles. The molecule has 31 heavy (non-hydrogen) atoms. The van der Waals surface area contributed by atoms with Gasteiger partial charge in [0.15, 0.2) is 5.82 Å². The van der Waals surface area contributed by atoms with Crippen molar-refractivity contribution in [2.75, 3.05) is 38.3 Å². The average Bonchev–Trinajstić information content (AvgIpc) is 3.26. The van der Waals surface area contributed by atoms with Crippen LogP contribution in [0, 0.1) is 0 Å². The molecule has 1 fully saturated rings. The Kier molecular flexibility index (Phi) is 6.25. The molecule has 1 aromatic carbocycles. The average molecular weight is 436 g/mol. The van der Waals surface area contributed by atoms with Crippen LogP contribution >= 0.6 is 11.3 Å². The van der Waals surface area contributed by atoms with E-state index in [4.69, 9.17) is 9.72 Å². The normalized spacial score (nSPS) is 16.8. The van der Waals surface area contributed by atoms with Gasteiger partial charge in [0, 0.05) is 31.1 Å². The summed E-state index contributed by atoms with van der Waals surface area (Å²) in [6.45, 7) is 5.25. The molecule has 0 radical (unpaired) electrons. The summed E-state index contributed by atoms with van der Waals surface area (Å²) < 4.78 is 5.43. The number of anilines is 1. The standard InChI is InChI=1S/C24H29N5OS/c1-28(15-21-17-31-24(25-21)16-29-10-12-30-13-11-29)23-9-8-22(26-27-23)20-7-6-18-4-2-3-5-19(18)14-20/h6-9,14,17H,2-5,10-13,15-16H2,1H3. The molecule has 6 nitrogen and oxygen atoms in total. The predicted octanol–water partition coefficient (Wildman–Crippen LogP) is 3.95. The summed E-state index contributed by atoms with van der Waals surface area (Å²) in [6.07, 6.45) is 4.98. The van der Waals surface area contributed by atoms with Crippen molar-refractivity contribution in [3.63, 3.8) is 0 Å². The number of nitrogens with zero attached hydrogens (tertiary/aromatic N) is 5. The lowest BCUT2D eigenvalue weighted by atomic mass is 9.90. The lowest BCUT2D eigenvalue weighted by Gasteiger charge is -2.25. The van der Waals surface area contributed by atoms with E-state index in [-0.39, 0.29) is 0 Å². The maximum atomic E-state index is 5.43. The second-order valence-electron chi connectivity index (χ2n) is 8.44. The first-order valence-electron chi connectivity index (χ1n) is 11.1. The van der Waals surface area contributed by atoms with Crippen LogP contribution in [0.5, 0.6) is 0 Å². The first-order valence-corrected chi connectivity index (χ1v) is 12.0. The van der Waals surface area contributed by atoms with Crippen molar-refractivity contribution in [3.05, 3.63) is 57.5 Å². The predicted molar refractivity (Wildman–Crippen MR) is 124 cm³/mol. The SMILES string of the molecule is CN(Cc1csc(CN2CCOCC2)n1)c1ccc(-c2ccc3c(c2)CCCC3)nn1. The molecule has 0 atom stereocenters. The number of ether oxygens (including phenoxy) is 1. The van der Waals surface area contributed by atoms with Crippen LogP contribution in [0.4, 0.5) is 5.82 Å². The van der Waals surface area contributed by atoms with Crippen molar-refractivity contribution >= 4 is 17.2 Å². The van der Waals surface area contributed by atoms with E-state index in [2.05, 4.69) is 55.7 Å². The molecule has 0 N–H and O–H groups in total. The summed E-state index contributed by atoms with van der Waals surface area (Å²) in [7, 11) is 2.05. The topological polar surface area (TPSA) is 54.4 Å². The Hall–Kier alpha value is -2.35. The van der Waals surface area contributed by atoms with Crippen LogP contribution in [0.2, 0.25) is 0 Å². The van der Waals surface area contributed by atoms with E-state index in [0.29, 0.717) is 0 Å². The van der Waals surface area contributed by atoms with Crippen molar-refractivity contribution in [2.24, 2.45) is 0 Å². The van der Waals surface area contributed by atoms with Gasteiger partial charge in [-0.1, -0.05) is 12.1 Å². The third-order valence-electron chi connectivity index (χ3n) is 6.15. The second kappa shape index (κ2) is 9.42. The molecule has 2 aromatic heterocycles. The minimum Gasteiger partial charge on any atom is -0.379 e. The van der Waals surface area contributed by atoms with Crippen molar-refractivity contribution in [1.82, 2.24) is 20.1 Å². The Morgan fingerprint density at radius 3 is 2.68 bits per heavy atom. The fourth-order valence-electron chi connectivity index (χ4n) is 4.34. The molecule has 3 aromatic rings. The van der Waals surface area contributed by atoms with Gasteiger partial charge in [-0.3, -0.25) is 4.90 Å². The van der Waals surface area contributed by atoms with Crippen LogP contribution in [0.1, 0.15) is 34.7 Å². The Balaban J connectivity index is 1.22. The minimum absolute atomic E-state index is 0.729. The Labute approximate surface area is 187 Å². The number of thiazole rings is 1. The van der Waals surface area contributed by atoms with Crippen molar-refractivity contribution in [2.45, 2.75) is 38.8 Å². The van der Waals surface area contributed by atoms with Gasteiger partial charge in [0.25, 0.3) is 0 Å². The van der Waals surface area contributed by atoms with E-state index in [9.17, 15) is 0 Å². The fraction of sp³-hybridized carbons (Fsp3) is 0.458. The number of hydrogen-bond acceptors (Lipinski definition) is 7. The minimum atomic E-state index is 0.729. The highest BCUT2D eigenvalue weighted by Gasteiger charge is 2.15. The maximum absolute atomic E-state index is 5.43. The highest BCUT2D eigenvalue weighted by molar-refractivity contribution is 7.09. The number of morpholine rings is 1. The number of aromatic nitrogens is 3. The summed E-state index contributed by atoms with van der Waals surface area (Å²) in [5, 5.41) is 12.3. The zero-order valence-electron chi connectivity index (χ0n) is 18.1. The van der Waals surface area contributed by atoms with E-state index < -0.39 is 0 Å². The highest BCUT2D eigenvalue weighted by Crippen LogP contribution is 2.27. The molecule has 162 valence electrons. The van der Waals surface area contributed by atoms with Crippen molar-refractivity contribution in [1.29, 1.82) is 0 Å². The van der Waals surface area contributed by atoms with E-state index in [1.807, 2.05) is 7.05 Å². The zero-order chi connectivity index (χ0) is 21.0. The molecule has 0 unspecified atom stereocenters. The third kappa shape index (κ3) is 4.95. The van der Waals surface area contributed by atoms with Crippen LogP contribution in [-0.2, 0) is 30.7 Å². The molecule has 1 aliphatic heterocycles. The smallest absolute Gasteiger partial charge is 0.151 e. The number of benzene rings is 1. The molecule has 5 rings (SSSR count). The highest BCUT2D eigenvalue weighted by atomic mass is 32.1. The van der Waals surface area contributed by atoms with Gasteiger partial charge < -0.3 is 9.64 Å². The molecule has 0 amide bonds. The maximum Gasteiger partial charge on any atom is 0.151 e. The van der Waals surface area contributed by atoms with Gasteiger partial charge in [0.05, 0.1) is 37.7 Å². The van der Waals surface area contributed by atoms with E-state index in [1.165, 1.54) is 41.8 Å². The Bertz CT molecular complexity index is 1010. The molecule has 0 bridgehead atoms. The summed E-state index contributed by atoms with van der Waals surface area (Å²) >= 11 is 1.73. The molecular formula is C24H29N5OS. The number of fused-ring (bicyclic) bond motifs is 1. The first-order chi connectivity index (χ1) is 15.2. The monoisotopic (exact) mass is 435 g/mol. The van der Waals surface area contributed by atoms with Crippen LogP contribution in [0.25, 0.3) is 11.3 Å². The molecule has 0 spiro atoms. The van der Waals surface area contributed by atoms with Gasteiger partial charge >= 0.3 is 0 Å². The first kappa shape index (κ1) is 20.5. The van der Waals surface area contributed by atoms with Crippen LogP contribution in [0.3, 0.4) is 0 Å². The van der Waals surface area contributed by atoms with Crippen LogP contribution in [0.15, 0.2) is 35.7 Å². The van der Waals surface area contributed by atoms with Crippen molar-refractivity contribution < 1.29 is 4.74 Å². The summed E-state index contributed by atoms with van der Waals surface area (Å²) in [4.78, 5) is 9.33. The molecule has 1 aliphatic carbocycles. The lowest BCUT2D eigenvalue weighted by Crippen LogP contribution is -2.35. The Morgan fingerprint density at radius 1 is 1.03 bits per heavy atom. The largest absolute Gasteiger partial charge is 0.379 e. The number of rotatable bonds is 6. The molecule has 2 aliphatic rings. The van der Waals surface area contributed by atoms with Gasteiger partial charge in [-0.05, 0) is 55.0 Å². The number of hydrogen-bond donors (Lipinski definition) is 0. The molecule has 1 saturated heterocycles. The van der Waals surface area contributed by atoms with Gasteiger partial charge in [-0.15, -0.1) is 21.5 Å². The summed E-state index contributed by atoms with van der Waals surface area (Å²) in [6, 6.07) is 10.9. The summed E-state index contributed by atoms with van der Waals surface area (Å²) in [5.41, 5.74) is 6.15. The Morgan fingerprint density at radius 2 is 1.87 bits per heavy atom. The second-order valence-corrected chi connectivity index (χ2v) is 9.39. The zero-order valence-corrected chi connectivity index (χ0v) is 18.9. The molecular weight excluding hydrogens is 406 g/mol. The van der Waals surface area contributed by atoms with Crippen LogP contribution < -0.4 is 4.90 Å². The van der Waals surface area contributed by atoms with Gasteiger partial charge in [0.1, 0.15) is 5.01 Å².